The highest BCUT2D eigenvalue weighted by Crippen LogP contribution is 2.26. The van der Waals surface area contributed by atoms with E-state index in [1.54, 1.807) is 31.7 Å². The Morgan fingerprint density at radius 2 is 1.78 bits per heavy atom. The van der Waals surface area contributed by atoms with Crippen molar-refractivity contribution in [2.45, 2.75) is 4.90 Å². The summed E-state index contributed by atoms with van der Waals surface area (Å²) in [7, 11) is 0.657. The van der Waals surface area contributed by atoms with Crippen molar-refractivity contribution in [2.75, 3.05) is 13.3 Å². The Hall–Kier alpha value is -4.02. The summed E-state index contributed by atoms with van der Waals surface area (Å²) < 4.78 is 13.7. The molecule has 158 valence electrons. The van der Waals surface area contributed by atoms with Crippen molar-refractivity contribution in [1.82, 2.24) is 9.38 Å². The number of aliphatic imine (C=N–C) groups is 1. The Morgan fingerprint density at radius 3 is 2.41 bits per heavy atom. The summed E-state index contributed by atoms with van der Waals surface area (Å²) in [4.78, 5) is 9.46. The zero-order valence-corrected chi connectivity index (χ0v) is 18.5. The van der Waals surface area contributed by atoms with E-state index in [-0.39, 0.29) is 0 Å². The van der Waals surface area contributed by atoms with Crippen molar-refractivity contribution in [3.05, 3.63) is 89.7 Å². The van der Waals surface area contributed by atoms with Crippen LogP contribution < -0.4 is 5.73 Å². The fraction of sp³-hybridized carbons (Fsp3) is 0.0800. The van der Waals surface area contributed by atoms with Crippen LogP contribution >= 0.6 is 0 Å². The van der Waals surface area contributed by atoms with E-state index in [1.807, 2.05) is 65.3 Å². The molecular formula is C25H21N5OS. The van der Waals surface area contributed by atoms with E-state index >= 15 is 0 Å². The van der Waals surface area contributed by atoms with Gasteiger partial charge in [-0.2, -0.15) is 5.26 Å². The molecule has 32 heavy (non-hydrogen) atoms. The number of hydrogen-bond acceptors (Lipinski definition) is 5. The molecule has 0 amide bonds. The predicted octanol–water partition coefficient (Wildman–Crippen LogP) is 4.14. The fourth-order valence-corrected chi connectivity index (χ4v) is 4.00. The van der Waals surface area contributed by atoms with Crippen molar-refractivity contribution < 1.29 is 4.21 Å². The number of nitriles is 1. The van der Waals surface area contributed by atoms with Crippen molar-refractivity contribution in [3.63, 3.8) is 0 Å². The number of nitrogens with two attached hydrogens (primary N) is 1. The van der Waals surface area contributed by atoms with Gasteiger partial charge in [-0.1, -0.05) is 24.3 Å². The number of rotatable bonds is 5. The Labute approximate surface area is 188 Å². The minimum Gasteiger partial charge on any atom is -0.398 e. The fourth-order valence-electron chi connectivity index (χ4n) is 3.48. The van der Waals surface area contributed by atoms with Gasteiger partial charge < -0.3 is 5.73 Å². The van der Waals surface area contributed by atoms with Crippen molar-refractivity contribution in [2.24, 2.45) is 10.7 Å². The van der Waals surface area contributed by atoms with E-state index in [0.717, 1.165) is 38.5 Å². The molecule has 0 aliphatic rings. The second-order valence-electron chi connectivity index (χ2n) is 7.17. The SMILES string of the molecule is CN=CC(=C(N)c1ccc([S@](C)=O)cc1)c1ccc2ncc(-c3ccc(C#N)cc3)n2c1. The van der Waals surface area contributed by atoms with Gasteiger partial charge in [-0.3, -0.25) is 13.6 Å². The molecule has 2 heterocycles. The zero-order chi connectivity index (χ0) is 22.7. The highest BCUT2D eigenvalue weighted by atomic mass is 32.2. The van der Waals surface area contributed by atoms with Gasteiger partial charge in [-0.25, -0.2) is 4.98 Å². The van der Waals surface area contributed by atoms with Crippen LogP contribution in [0.4, 0.5) is 0 Å². The zero-order valence-electron chi connectivity index (χ0n) is 17.7. The second kappa shape index (κ2) is 9.00. The minimum atomic E-state index is -1.05. The Morgan fingerprint density at radius 1 is 1.09 bits per heavy atom. The molecule has 4 aromatic rings. The third-order valence-electron chi connectivity index (χ3n) is 5.17. The molecule has 2 N–H and O–H groups in total. The van der Waals surface area contributed by atoms with Crippen LogP contribution in [0.5, 0.6) is 0 Å². The van der Waals surface area contributed by atoms with Crippen LogP contribution in [0.2, 0.25) is 0 Å². The lowest BCUT2D eigenvalue weighted by Crippen LogP contribution is -2.04. The summed E-state index contributed by atoms with van der Waals surface area (Å²) in [5.74, 6) is 0. The van der Waals surface area contributed by atoms with Gasteiger partial charge in [0, 0.05) is 63.8 Å². The maximum absolute atomic E-state index is 11.7. The molecule has 0 aliphatic carbocycles. The summed E-state index contributed by atoms with van der Waals surface area (Å²) in [6.07, 6.45) is 7.18. The molecule has 2 aromatic heterocycles. The van der Waals surface area contributed by atoms with Gasteiger partial charge >= 0.3 is 0 Å². The average molecular weight is 440 g/mol. The number of fused-ring (bicyclic) bond motifs is 1. The Balaban J connectivity index is 1.82. The highest BCUT2D eigenvalue weighted by Gasteiger charge is 2.12. The molecule has 0 saturated heterocycles. The van der Waals surface area contributed by atoms with Gasteiger partial charge in [0.15, 0.2) is 0 Å². The number of pyridine rings is 1. The van der Waals surface area contributed by atoms with Crippen molar-refractivity contribution in [3.8, 4) is 17.3 Å². The average Bonchev–Trinajstić information content (AvgIpc) is 3.25. The lowest BCUT2D eigenvalue weighted by Gasteiger charge is -2.11. The van der Waals surface area contributed by atoms with Crippen LogP contribution in [0, 0.1) is 11.3 Å². The molecule has 6 nitrogen and oxygen atoms in total. The van der Waals surface area contributed by atoms with E-state index in [0.29, 0.717) is 11.3 Å². The lowest BCUT2D eigenvalue weighted by atomic mass is 10.0. The quantitative estimate of drug-likeness (QED) is 0.473. The first-order chi connectivity index (χ1) is 15.5. The summed E-state index contributed by atoms with van der Waals surface area (Å²) >= 11 is 0. The van der Waals surface area contributed by atoms with Gasteiger partial charge in [0.25, 0.3) is 0 Å². The van der Waals surface area contributed by atoms with E-state index in [9.17, 15) is 4.21 Å². The standard InChI is InChI=1S/C25H21N5OS/c1-28-14-22(25(27)19-7-10-21(11-8-19)32(2)31)20-9-12-24-29-15-23(30(24)16-20)18-5-3-17(13-26)4-6-18/h3-12,14-16H,27H2,1-2H3/t32-/m0/s1. The van der Waals surface area contributed by atoms with E-state index in [4.69, 9.17) is 11.0 Å². The summed E-state index contributed by atoms with van der Waals surface area (Å²) in [6.45, 7) is 0. The number of imidazole rings is 1. The Bertz CT molecular complexity index is 1410. The smallest absolute Gasteiger partial charge is 0.137 e. The van der Waals surface area contributed by atoms with Crippen LogP contribution in [0.1, 0.15) is 16.7 Å². The number of hydrogen-bond donors (Lipinski definition) is 1. The van der Waals surface area contributed by atoms with Gasteiger partial charge in [0.1, 0.15) is 5.65 Å². The monoisotopic (exact) mass is 439 g/mol. The van der Waals surface area contributed by atoms with Crippen LogP contribution in [-0.4, -0.2) is 33.1 Å². The minimum absolute atomic E-state index is 0.573. The maximum atomic E-state index is 11.7. The second-order valence-corrected chi connectivity index (χ2v) is 8.55. The molecule has 0 radical (unpaired) electrons. The molecule has 0 unspecified atom stereocenters. The first kappa shape index (κ1) is 21.2. The topological polar surface area (TPSA) is 96.5 Å². The molecule has 7 heteroatoms. The number of aromatic nitrogens is 2. The van der Waals surface area contributed by atoms with Gasteiger partial charge in [0.05, 0.1) is 23.5 Å². The van der Waals surface area contributed by atoms with Gasteiger partial charge in [0.2, 0.25) is 0 Å². The molecule has 0 saturated carbocycles. The van der Waals surface area contributed by atoms with Gasteiger partial charge in [-0.05, 0) is 42.0 Å². The van der Waals surface area contributed by atoms with Crippen LogP contribution in [0.3, 0.4) is 0 Å². The molecule has 0 spiro atoms. The maximum Gasteiger partial charge on any atom is 0.137 e. The molecule has 4 rings (SSSR count). The highest BCUT2D eigenvalue weighted by molar-refractivity contribution is 7.84. The molecule has 0 aliphatic heterocycles. The van der Waals surface area contributed by atoms with E-state index < -0.39 is 10.8 Å². The first-order valence-electron chi connectivity index (χ1n) is 9.85. The Kier molecular flexibility index (Phi) is 5.97. The molecular weight excluding hydrogens is 418 g/mol. The molecule has 2 aromatic carbocycles. The van der Waals surface area contributed by atoms with Crippen molar-refractivity contribution >= 4 is 33.9 Å². The number of benzene rings is 2. The molecule has 1 atom stereocenters. The predicted molar refractivity (Wildman–Crippen MR) is 130 cm³/mol. The van der Waals surface area contributed by atoms with E-state index in [2.05, 4.69) is 16.0 Å². The molecule has 0 bridgehead atoms. The molecule has 0 fully saturated rings. The number of nitrogens with zero attached hydrogens (tertiary/aromatic N) is 4. The van der Waals surface area contributed by atoms with Crippen molar-refractivity contribution in [1.29, 1.82) is 5.26 Å². The number of allylic oxidation sites excluding steroid dienone is 1. The third-order valence-corrected chi connectivity index (χ3v) is 6.11. The van der Waals surface area contributed by atoms with Gasteiger partial charge in [-0.15, -0.1) is 0 Å². The van der Waals surface area contributed by atoms with E-state index in [1.165, 1.54) is 0 Å². The van der Waals surface area contributed by atoms with Crippen LogP contribution in [-0.2, 0) is 10.8 Å². The summed E-state index contributed by atoms with van der Waals surface area (Å²) in [5.41, 5.74) is 12.9. The van der Waals surface area contributed by atoms with Crippen LogP contribution in [0.25, 0.3) is 28.2 Å². The largest absolute Gasteiger partial charge is 0.398 e. The third kappa shape index (κ3) is 4.09. The summed E-state index contributed by atoms with van der Waals surface area (Å²) in [5, 5.41) is 9.06. The summed E-state index contributed by atoms with van der Waals surface area (Å²) in [6, 6.07) is 20.8. The lowest BCUT2D eigenvalue weighted by molar-refractivity contribution is 0.687. The normalized spacial score (nSPS) is 13.2. The first-order valence-corrected chi connectivity index (χ1v) is 11.4. The van der Waals surface area contributed by atoms with Crippen LogP contribution in [0.15, 0.2) is 82.9 Å².